The minimum absolute atomic E-state index is 0.146. The van der Waals surface area contributed by atoms with Crippen molar-refractivity contribution >= 4 is 38.6 Å². The summed E-state index contributed by atoms with van der Waals surface area (Å²) in [4.78, 5) is 11.6. The Morgan fingerprint density at radius 1 is 1.47 bits per heavy atom. The van der Waals surface area contributed by atoms with Crippen LogP contribution in [0.25, 0.3) is 0 Å². The van der Waals surface area contributed by atoms with Crippen LogP contribution in [0.2, 0.25) is 0 Å². The number of ether oxygens (including phenoxy) is 1. The number of esters is 1. The van der Waals surface area contributed by atoms with Crippen molar-refractivity contribution in [1.29, 1.82) is 0 Å². The average Bonchev–Trinajstić information content (AvgIpc) is 2.81. The van der Waals surface area contributed by atoms with Gasteiger partial charge in [-0.3, -0.25) is 4.79 Å². The highest BCUT2D eigenvalue weighted by molar-refractivity contribution is 14.1. The molecule has 0 aromatic carbocycles. The van der Waals surface area contributed by atoms with Gasteiger partial charge in [0.15, 0.2) is 0 Å². The summed E-state index contributed by atoms with van der Waals surface area (Å²) in [7, 11) is -3.16. The summed E-state index contributed by atoms with van der Waals surface area (Å²) < 4.78 is 31.5. The SMILES string of the molecule is CC(I)C(=O)OC1C2CC3C1NS(=O)(=O)C3C2. The second-order valence-corrected chi connectivity index (χ2v) is 8.94. The van der Waals surface area contributed by atoms with Crippen molar-refractivity contribution in [2.45, 2.75) is 41.1 Å². The van der Waals surface area contributed by atoms with Gasteiger partial charge in [-0.1, -0.05) is 22.6 Å². The van der Waals surface area contributed by atoms with Gasteiger partial charge in [0, 0.05) is 0 Å². The van der Waals surface area contributed by atoms with E-state index in [-0.39, 0.29) is 39.1 Å². The van der Waals surface area contributed by atoms with E-state index in [2.05, 4.69) is 4.72 Å². The Bertz CT molecular complexity index is 463. The van der Waals surface area contributed by atoms with E-state index in [9.17, 15) is 13.2 Å². The fraction of sp³-hybridized carbons (Fsp3) is 0.900. The molecule has 0 amide bonds. The number of alkyl halides is 1. The number of fused-ring (bicyclic) bond motifs is 1. The minimum Gasteiger partial charge on any atom is -0.460 e. The Hall–Kier alpha value is 0.110. The van der Waals surface area contributed by atoms with E-state index in [1.54, 1.807) is 6.92 Å². The summed E-state index contributed by atoms with van der Waals surface area (Å²) in [6.07, 6.45) is 1.26. The molecule has 3 fully saturated rings. The molecule has 7 heteroatoms. The molecule has 3 rings (SSSR count). The second-order valence-electron chi connectivity index (χ2n) is 5.14. The van der Waals surface area contributed by atoms with Gasteiger partial charge in [0.05, 0.1) is 11.3 Å². The number of rotatable bonds is 2. The highest BCUT2D eigenvalue weighted by Crippen LogP contribution is 2.52. The maximum absolute atomic E-state index is 11.8. The van der Waals surface area contributed by atoms with E-state index in [1.807, 2.05) is 22.6 Å². The Morgan fingerprint density at radius 3 is 2.82 bits per heavy atom. The van der Waals surface area contributed by atoms with E-state index >= 15 is 0 Å². The zero-order valence-electron chi connectivity index (χ0n) is 9.30. The number of hydrogen-bond donors (Lipinski definition) is 1. The van der Waals surface area contributed by atoms with Crippen LogP contribution in [0.5, 0.6) is 0 Å². The molecule has 1 aliphatic heterocycles. The van der Waals surface area contributed by atoms with Crippen LogP contribution in [-0.4, -0.2) is 35.7 Å². The van der Waals surface area contributed by atoms with E-state index in [1.165, 1.54) is 0 Å². The maximum Gasteiger partial charge on any atom is 0.318 e. The first kappa shape index (κ1) is 12.2. The Morgan fingerprint density at radius 2 is 2.18 bits per heavy atom. The van der Waals surface area contributed by atoms with E-state index in [0.29, 0.717) is 6.42 Å². The van der Waals surface area contributed by atoms with Gasteiger partial charge in [-0.25, -0.2) is 13.1 Å². The molecular weight excluding hydrogens is 357 g/mol. The molecule has 5 nitrogen and oxygen atoms in total. The first-order valence-corrected chi connectivity index (χ1v) is 8.55. The molecule has 3 aliphatic rings. The van der Waals surface area contributed by atoms with Crippen LogP contribution < -0.4 is 4.72 Å². The molecular formula is C10H14INO4S. The average molecular weight is 371 g/mol. The number of carbonyl (C=O) groups is 1. The predicted molar refractivity (Wildman–Crippen MR) is 69.2 cm³/mol. The van der Waals surface area contributed by atoms with Crippen LogP contribution in [-0.2, 0) is 19.6 Å². The smallest absolute Gasteiger partial charge is 0.318 e. The van der Waals surface area contributed by atoms with E-state index in [4.69, 9.17) is 4.74 Å². The van der Waals surface area contributed by atoms with Crippen molar-refractivity contribution in [3.8, 4) is 0 Å². The Balaban J connectivity index is 1.81. The quantitative estimate of drug-likeness (QED) is 0.434. The lowest BCUT2D eigenvalue weighted by Crippen LogP contribution is -2.42. The third kappa shape index (κ3) is 1.73. The fourth-order valence-corrected chi connectivity index (χ4v) is 5.69. The van der Waals surface area contributed by atoms with Gasteiger partial charge in [0.25, 0.3) is 0 Å². The predicted octanol–water partition coefficient (Wildman–Crippen LogP) is 0.432. The van der Waals surface area contributed by atoms with Gasteiger partial charge in [-0.05, 0) is 31.6 Å². The van der Waals surface area contributed by atoms with Crippen LogP contribution >= 0.6 is 22.6 Å². The van der Waals surface area contributed by atoms with Crippen LogP contribution in [0.3, 0.4) is 0 Å². The van der Waals surface area contributed by atoms with Crippen molar-refractivity contribution in [3.05, 3.63) is 0 Å². The zero-order valence-corrected chi connectivity index (χ0v) is 12.3. The maximum atomic E-state index is 11.8. The zero-order chi connectivity index (χ0) is 12.4. The standard InChI is InChI=1S/C10H14INO4S/c1-4(11)10(13)16-9-5-2-6-7(3-5)17(14,15)12-8(6)9/h4-9,12H,2-3H2,1H3. The van der Waals surface area contributed by atoms with Gasteiger partial charge in [0.1, 0.15) is 10.0 Å². The summed E-state index contributed by atoms with van der Waals surface area (Å²) in [6.45, 7) is 1.78. The number of halogens is 1. The molecule has 1 N–H and O–H groups in total. The highest BCUT2D eigenvalue weighted by Gasteiger charge is 2.63. The minimum atomic E-state index is -3.16. The molecule has 0 spiro atoms. The van der Waals surface area contributed by atoms with Crippen molar-refractivity contribution in [2.75, 3.05) is 0 Å². The summed E-state index contributed by atoms with van der Waals surface area (Å²) in [5.41, 5.74) is 0. The molecule has 6 unspecified atom stereocenters. The lowest BCUT2D eigenvalue weighted by Gasteiger charge is -2.26. The van der Waals surface area contributed by atoms with Crippen LogP contribution in [0.15, 0.2) is 0 Å². The molecule has 0 aromatic rings. The molecule has 0 radical (unpaired) electrons. The summed E-state index contributed by atoms with van der Waals surface area (Å²) in [6, 6.07) is -0.178. The molecule has 2 aliphatic carbocycles. The molecule has 1 heterocycles. The third-order valence-electron chi connectivity index (χ3n) is 4.14. The number of carbonyl (C=O) groups excluding carboxylic acids is 1. The van der Waals surface area contributed by atoms with Gasteiger partial charge >= 0.3 is 5.97 Å². The van der Waals surface area contributed by atoms with E-state index < -0.39 is 10.0 Å². The topological polar surface area (TPSA) is 72.5 Å². The summed E-state index contributed by atoms with van der Waals surface area (Å²) in [5.74, 6) is 0.122. The summed E-state index contributed by atoms with van der Waals surface area (Å²) >= 11 is 2.01. The molecule has 96 valence electrons. The van der Waals surface area contributed by atoms with Gasteiger partial charge in [-0.15, -0.1) is 0 Å². The first-order valence-electron chi connectivity index (χ1n) is 5.76. The lowest BCUT2D eigenvalue weighted by atomic mass is 9.93. The molecule has 2 bridgehead atoms. The fourth-order valence-electron chi connectivity index (χ4n) is 3.44. The molecule has 1 saturated heterocycles. The van der Waals surface area contributed by atoms with Crippen molar-refractivity contribution in [3.63, 3.8) is 0 Å². The first-order chi connectivity index (χ1) is 7.90. The highest BCUT2D eigenvalue weighted by atomic mass is 127. The lowest BCUT2D eigenvalue weighted by molar-refractivity contribution is -0.150. The van der Waals surface area contributed by atoms with E-state index in [0.717, 1.165) is 6.42 Å². The largest absolute Gasteiger partial charge is 0.460 e. The van der Waals surface area contributed by atoms with Gasteiger partial charge < -0.3 is 4.74 Å². The van der Waals surface area contributed by atoms with Crippen molar-refractivity contribution in [2.24, 2.45) is 11.8 Å². The second kappa shape index (κ2) is 3.80. The number of nitrogens with one attached hydrogen (secondary N) is 1. The summed E-state index contributed by atoms with van der Waals surface area (Å²) in [5, 5.41) is -0.246. The van der Waals surface area contributed by atoms with Crippen LogP contribution in [0.4, 0.5) is 0 Å². The number of hydrogen-bond acceptors (Lipinski definition) is 4. The van der Waals surface area contributed by atoms with Crippen molar-refractivity contribution < 1.29 is 17.9 Å². The monoisotopic (exact) mass is 371 g/mol. The normalized spacial score (nSPS) is 47.1. The van der Waals surface area contributed by atoms with Gasteiger partial charge in [0.2, 0.25) is 10.0 Å². The number of sulfonamides is 1. The Labute approximate surface area is 114 Å². The Kier molecular flexibility index (Phi) is 2.72. The molecule has 17 heavy (non-hydrogen) atoms. The molecule has 0 aromatic heterocycles. The third-order valence-corrected chi connectivity index (χ3v) is 6.59. The molecule has 6 atom stereocenters. The van der Waals surface area contributed by atoms with Crippen LogP contribution in [0, 0.1) is 11.8 Å². The van der Waals surface area contributed by atoms with Crippen LogP contribution in [0.1, 0.15) is 19.8 Å². The van der Waals surface area contributed by atoms with Crippen molar-refractivity contribution in [1.82, 2.24) is 4.72 Å². The molecule has 2 saturated carbocycles. The van der Waals surface area contributed by atoms with Gasteiger partial charge in [-0.2, -0.15) is 0 Å².